The fraction of sp³-hybridized carbons (Fsp3) is 0.650. The van der Waals surface area contributed by atoms with E-state index in [0.717, 1.165) is 25.3 Å². The normalized spacial score (nSPS) is 25.8. The van der Waals surface area contributed by atoms with E-state index in [4.69, 9.17) is 0 Å². The van der Waals surface area contributed by atoms with Crippen molar-refractivity contribution in [2.45, 2.75) is 57.9 Å². The largest absolute Gasteiger partial charge is 0.355 e. The molecular formula is C20H30N2O. The van der Waals surface area contributed by atoms with Crippen LogP contribution in [0.1, 0.15) is 56.6 Å². The molecule has 0 bridgehead atoms. The highest BCUT2D eigenvalue weighted by Crippen LogP contribution is 2.35. The summed E-state index contributed by atoms with van der Waals surface area (Å²) in [6, 6.07) is 9.03. The Bertz CT molecular complexity index is 542. The molecule has 1 amide bonds. The van der Waals surface area contributed by atoms with Crippen LogP contribution in [0.5, 0.6) is 0 Å². The van der Waals surface area contributed by atoms with Gasteiger partial charge in [0.15, 0.2) is 0 Å². The van der Waals surface area contributed by atoms with Crippen LogP contribution in [0.2, 0.25) is 0 Å². The predicted molar refractivity (Wildman–Crippen MR) is 94.6 cm³/mol. The summed E-state index contributed by atoms with van der Waals surface area (Å²) in [6.07, 6.45) is 5.51. The van der Waals surface area contributed by atoms with Crippen molar-refractivity contribution in [1.82, 2.24) is 10.2 Å². The molecular weight excluding hydrogens is 284 g/mol. The van der Waals surface area contributed by atoms with Gasteiger partial charge in [0.1, 0.15) is 0 Å². The Morgan fingerprint density at radius 2 is 2.17 bits per heavy atom. The number of hydrogen-bond donors (Lipinski definition) is 1. The molecule has 3 atom stereocenters. The summed E-state index contributed by atoms with van der Waals surface area (Å²) < 4.78 is 0. The van der Waals surface area contributed by atoms with Crippen LogP contribution in [0.15, 0.2) is 24.3 Å². The molecule has 23 heavy (non-hydrogen) atoms. The molecule has 126 valence electrons. The molecule has 1 N–H and O–H groups in total. The van der Waals surface area contributed by atoms with E-state index in [-0.39, 0.29) is 5.91 Å². The zero-order valence-corrected chi connectivity index (χ0v) is 14.6. The zero-order chi connectivity index (χ0) is 16.2. The van der Waals surface area contributed by atoms with Gasteiger partial charge in [-0.2, -0.15) is 0 Å². The fourth-order valence-corrected chi connectivity index (χ4v) is 4.17. The second-order valence-corrected chi connectivity index (χ2v) is 7.53. The Kier molecular flexibility index (Phi) is 5.37. The minimum Gasteiger partial charge on any atom is -0.355 e. The average molecular weight is 314 g/mol. The van der Waals surface area contributed by atoms with Crippen LogP contribution in [0.25, 0.3) is 0 Å². The van der Waals surface area contributed by atoms with Crippen molar-refractivity contribution in [3.63, 3.8) is 0 Å². The summed E-state index contributed by atoms with van der Waals surface area (Å²) in [4.78, 5) is 14.9. The van der Waals surface area contributed by atoms with E-state index < -0.39 is 0 Å². The lowest BCUT2D eigenvalue weighted by Crippen LogP contribution is -2.46. The van der Waals surface area contributed by atoms with Crippen molar-refractivity contribution in [1.29, 1.82) is 0 Å². The molecule has 1 aliphatic carbocycles. The first kappa shape index (κ1) is 16.5. The molecule has 0 radical (unpaired) electrons. The monoisotopic (exact) mass is 314 g/mol. The van der Waals surface area contributed by atoms with E-state index >= 15 is 0 Å². The van der Waals surface area contributed by atoms with Crippen LogP contribution in [0.4, 0.5) is 0 Å². The van der Waals surface area contributed by atoms with Crippen molar-refractivity contribution in [2.24, 2.45) is 5.92 Å². The first-order valence-corrected chi connectivity index (χ1v) is 9.22. The molecule has 3 heteroatoms. The van der Waals surface area contributed by atoms with Gasteiger partial charge in [0.05, 0.1) is 0 Å². The molecule has 1 aromatic carbocycles. The smallest absolute Gasteiger partial charge is 0.220 e. The molecule has 0 aromatic heterocycles. The highest BCUT2D eigenvalue weighted by atomic mass is 16.1. The van der Waals surface area contributed by atoms with Gasteiger partial charge < -0.3 is 5.32 Å². The molecule has 0 spiro atoms. The van der Waals surface area contributed by atoms with E-state index in [9.17, 15) is 4.79 Å². The molecule has 3 rings (SSSR count). The lowest BCUT2D eigenvalue weighted by molar-refractivity contribution is -0.121. The Balaban J connectivity index is 1.45. The number of carbonyl (C=O) groups is 1. The molecule has 3 nitrogen and oxygen atoms in total. The third-order valence-electron chi connectivity index (χ3n) is 5.60. The summed E-state index contributed by atoms with van der Waals surface area (Å²) in [7, 11) is 0. The van der Waals surface area contributed by atoms with E-state index in [1.807, 2.05) is 0 Å². The summed E-state index contributed by atoms with van der Waals surface area (Å²) in [5, 5.41) is 3.17. The zero-order valence-electron chi connectivity index (χ0n) is 14.6. The van der Waals surface area contributed by atoms with Crippen LogP contribution in [0, 0.1) is 5.92 Å². The average Bonchev–Trinajstić information content (AvgIpc) is 2.96. The summed E-state index contributed by atoms with van der Waals surface area (Å²) in [6.45, 7) is 7.70. The standard InChI is InChI=1S/C20H30N2O/c1-15-6-5-11-22(14-15)16(2)13-21-20(23)12-18-10-9-17-7-3-4-8-19(17)18/h3-4,7-8,15-16,18H,5-6,9-14H2,1-2H3,(H,21,23). The van der Waals surface area contributed by atoms with Crippen LogP contribution in [-0.2, 0) is 11.2 Å². The second-order valence-electron chi connectivity index (χ2n) is 7.53. The lowest BCUT2D eigenvalue weighted by atomic mass is 9.97. The van der Waals surface area contributed by atoms with E-state index in [1.165, 1.54) is 37.1 Å². The number of nitrogens with one attached hydrogen (secondary N) is 1. The fourth-order valence-electron chi connectivity index (χ4n) is 4.17. The maximum absolute atomic E-state index is 12.3. The molecule has 0 saturated carbocycles. The molecule has 1 saturated heterocycles. The number of carbonyl (C=O) groups excluding carboxylic acids is 1. The minimum atomic E-state index is 0.212. The van der Waals surface area contributed by atoms with Gasteiger partial charge in [-0.15, -0.1) is 0 Å². The molecule has 3 unspecified atom stereocenters. The van der Waals surface area contributed by atoms with Crippen LogP contribution in [0.3, 0.4) is 0 Å². The van der Waals surface area contributed by atoms with Crippen molar-refractivity contribution >= 4 is 5.91 Å². The summed E-state index contributed by atoms with van der Waals surface area (Å²) in [5.74, 6) is 1.41. The van der Waals surface area contributed by atoms with Crippen molar-refractivity contribution in [2.75, 3.05) is 19.6 Å². The highest BCUT2D eigenvalue weighted by molar-refractivity contribution is 5.77. The first-order valence-electron chi connectivity index (χ1n) is 9.22. The SMILES string of the molecule is CC1CCCN(C(C)CNC(=O)CC2CCc3ccccc32)C1. The molecule has 1 aliphatic heterocycles. The number of rotatable bonds is 5. The van der Waals surface area contributed by atoms with Gasteiger partial charge in [-0.05, 0) is 62.1 Å². The first-order chi connectivity index (χ1) is 11.1. The van der Waals surface area contributed by atoms with Gasteiger partial charge >= 0.3 is 0 Å². The predicted octanol–water partition coefficient (Wildman–Crippen LogP) is 3.34. The van der Waals surface area contributed by atoms with E-state index in [0.29, 0.717) is 18.4 Å². The maximum atomic E-state index is 12.3. The van der Waals surface area contributed by atoms with Gasteiger partial charge in [0.25, 0.3) is 0 Å². The van der Waals surface area contributed by atoms with Crippen molar-refractivity contribution in [3.05, 3.63) is 35.4 Å². The van der Waals surface area contributed by atoms with Crippen LogP contribution < -0.4 is 5.32 Å². The van der Waals surface area contributed by atoms with Gasteiger partial charge in [0.2, 0.25) is 5.91 Å². The van der Waals surface area contributed by atoms with E-state index in [1.54, 1.807) is 0 Å². The highest BCUT2D eigenvalue weighted by Gasteiger charge is 2.25. The quantitative estimate of drug-likeness (QED) is 0.904. The van der Waals surface area contributed by atoms with Gasteiger partial charge in [-0.1, -0.05) is 31.2 Å². The second kappa shape index (κ2) is 7.48. The third kappa shape index (κ3) is 4.14. The van der Waals surface area contributed by atoms with Crippen LogP contribution >= 0.6 is 0 Å². The topological polar surface area (TPSA) is 32.3 Å². The van der Waals surface area contributed by atoms with Gasteiger partial charge in [-0.3, -0.25) is 9.69 Å². The number of nitrogens with zero attached hydrogens (tertiary/aromatic N) is 1. The summed E-state index contributed by atoms with van der Waals surface area (Å²) in [5.41, 5.74) is 2.82. The van der Waals surface area contributed by atoms with Gasteiger partial charge in [-0.25, -0.2) is 0 Å². The maximum Gasteiger partial charge on any atom is 0.220 e. The Morgan fingerprint density at radius 3 is 3.00 bits per heavy atom. The summed E-state index contributed by atoms with van der Waals surface area (Å²) >= 11 is 0. The Morgan fingerprint density at radius 1 is 1.35 bits per heavy atom. The Labute approximate surface area is 140 Å². The third-order valence-corrected chi connectivity index (χ3v) is 5.60. The number of aryl methyl sites for hydroxylation is 1. The Hall–Kier alpha value is -1.35. The van der Waals surface area contributed by atoms with E-state index in [2.05, 4.69) is 48.3 Å². The molecule has 2 aliphatic rings. The lowest BCUT2D eigenvalue weighted by Gasteiger charge is -2.35. The molecule has 1 aromatic rings. The number of benzene rings is 1. The number of piperidine rings is 1. The van der Waals surface area contributed by atoms with Crippen molar-refractivity contribution < 1.29 is 4.79 Å². The molecule has 1 fully saturated rings. The number of likely N-dealkylation sites (tertiary alicyclic amines) is 1. The number of fused-ring (bicyclic) bond motifs is 1. The van der Waals surface area contributed by atoms with Crippen LogP contribution in [-0.4, -0.2) is 36.5 Å². The van der Waals surface area contributed by atoms with Gasteiger partial charge in [0, 0.05) is 25.6 Å². The molecule has 1 heterocycles. The number of amides is 1. The number of hydrogen-bond acceptors (Lipinski definition) is 2. The van der Waals surface area contributed by atoms with Crippen molar-refractivity contribution in [3.8, 4) is 0 Å². The minimum absolute atomic E-state index is 0.212.